The molecule has 2 heterocycles. The minimum absolute atomic E-state index is 0.0733. The van der Waals surface area contributed by atoms with Crippen molar-refractivity contribution in [3.8, 4) is 5.88 Å². The Morgan fingerprint density at radius 3 is 2.95 bits per heavy atom. The largest absolute Gasteiger partial charge is 0.476 e. The van der Waals surface area contributed by atoms with Crippen LogP contribution in [0.1, 0.15) is 12.8 Å². The van der Waals surface area contributed by atoms with Gasteiger partial charge in [-0.3, -0.25) is 4.90 Å². The van der Waals surface area contributed by atoms with Crippen molar-refractivity contribution in [2.75, 3.05) is 26.2 Å². The van der Waals surface area contributed by atoms with Crippen molar-refractivity contribution in [2.45, 2.75) is 19.0 Å². The number of nitrogens with zero attached hydrogens (tertiary/aromatic N) is 2. The first-order valence-corrected chi connectivity index (χ1v) is 6.84. The molecule has 1 aliphatic rings. The van der Waals surface area contributed by atoms with Gasteiger partial charge in [-0.1, -0.05) is 11.6 Å². The molecule has 1 aliphatic heterocycles. The maximum absolute atomic E-state index is 12.4. The van der Waals surface area contributed by atoms with Crippen molar-refractivity contribution in [1.29, 1.82) is 0 Å². The number of pyridine rings is 1. The highest BCUT2D eigenvalue weighted by molar-refractivity contribution is 6.31. The summed E-state index contributed by atoms with van der Waals surface area (Å²) < 4.78 is 42.6. The van der Waals surface area contributed by atoms with Crippen LogP contribution in [-0.4, -0.2) is 42.3 Å². The standard InChI is InChI=1S/C13H16ClF3N2O/c14-11-4-1-5-18-12(11)20-8-10-3-2-6-19(7-10)9-13(15,16)17/h1,4-5,10H,2-3,6-9H2. The Bertz CT molecular complexity index is 442. The second-order valence-electron chi connectivity index (χ2n) is 4.96. The molecular formula is C13H16ClF3N2O. The third kappa shape index (κ3) is 4.83. The molecular weight excluding hydrogens is 293 g/mol. The van der Waals surface area contributed by atoms with Gasteiger partial charge in [-0.2, -0.15) is 13.2 Å². The van der Waals surface area contributed by atoms with Crippen LogP contribution in [0.2, 0.25) is 5.02 Å². The number of alkyl halides is 3. The summed E-state index contributed by atoms with van der Waals surface area (Å²) in [6.07, 6.45) is -0.968. The van der Waals surface area contributed by atoms with Crippen LogP contribution in [0.15, 0.2) is 18.3 Å². The number of hydrogen-bond donors (Lipinski definition) is 0. The van der Waals surface area contributed by atoms with Gasteiger partial charge >= 0.3 is 6.18 Å². The maximum Gasteiger partial charge on any atom is 0.401 e. The zero-order valence-electron chi connectivity index (χ0n) is 10.9. The summed E-state index contributed by atoms with van der Waals surface area (Å²) in [5.41, 5.74) is 0. The molecule has 1 fully saturated rings. The second kappa shape index (κ2) is 6.63. The van der Waals surface area contributed by atoms with Gasteiger partial charge < -0.3 is 4.74 Å². The zero-order chi connectivity index (χ0) is 14.6. The lowest BCUT2D eigenvalue weighted by atomic mass is 9.99. The van der Waals surface area contributed by atoms with Gasteiger partial charge in [0.25, 0.3) is 0 Å². The van der Waals surface area contributed by atoms with E-state index in [0.717, 1.165) is 12.8 Å². The average molecular weight is 309 g/mol. The van der Waals surface area contributed by atoms with Crippen LogP contribution in [0.25, 0.3) is 0 Å². The van der Waals surface area contributed by atoms with Gasteiger partial charge in [0.05, 0.1) is 13.2 Å². The molecule has 1 atom stereocenters. The van der Waals surface area contributed by atoms with Crippen molar-refractivity contribution >= 4 is 11.6 Å². The van der Waals surface area contributed by atoms with Crippen molar-refractivity contribution < 1.29 is 17.9 Å². The highest BCUT2D eigenvalue weighted by atomic mass is 35.5. The van der Waals surface area contributed by atoms with Crippen LogP contribution < -0.4 is 4.74 Å². The smallest absolute Gasteiger partial charge is 0.401 e. The molecule has 7 heteroatoms. The molecule has 0 bridgehead atoms. The molecule has 0 saturated carbocycles. The number of rotatable bonds is 4. The first-order chi connectivity index (χ1) is 9.44. The van der Waals surface area contributed by atoms with Crippen LogP contribution in [0.3, 0.4) is 0 Å². The molecule has 0 spiro atoms. The van der Waals surface area contributed by atoms with E-state index in [1.54, 1.807) is 18.3 Å². The fourth-order valence-corrected chi connectivity index (χ4v) is 2.53. The summed E-state index contributed by atoms with van der Waals surface area (Å²) in [6, 6.07) is 3.36. The summed E-state index contributed by atoms with van der Waals surface area (Å²) in [4.78, 5) is 5.42. The fraction of sp³-hybridized carbons (Fsp3) is 0.615. The van der Waals surface area contributed by atoms with Crippen LogP contribution in [0.5, 0.6) is 5.88 Å². The first-order valence-electron chi connectivity index (χ1n) is 6.46. The molecule has 1 saturated heterocycles. The molecule has 0 amide bonds. The third-order valence-electron chi connectivity index (χ3n) is 3.19. The van der Waals surface area contributed by atoms with Gasteiger partial charge in [0.15, 0.2) is 0 Å². The first kappa shape index (κ1) is 15.4. The second-order valence-corrected chi connectivity index (χ2v) is 5.37. The molecule has 0 aliphatic carbocycles. The Hall–Kier alpha value is -1.01. The van der Waals surface area contributed by atoms with Crippen molar-refractivity contribution in [1.82, 2.24) is 9.88 Å². The molecule has 1 unspecified atom stereocenters. The Balaban J connectivity index is 1.83. The Labute approximate surface area is 120 Å². The maximum atomic E-state index is 12.4. The lowest BCUT2D eigenvalue weighted by Crippen LogP contribution is -2.42. The van der Waals surface area contributed by atoms with E-state index >= 15 is 0 Å². The minimum atomic E-state index is -4.15. The van der Waals surface area contributed by atoms with Gasteiger partial charge in [0, 0.05) is 18.7 Å². The summed E-state index contributed by atoms with van der Waals surface area (Å²) in [5, 5.41) is 0.412. The topological polar surface area (TPSA) is 25.4 Å². The monoisotopic (exact) mass is 308 g/mol. The zero-order valence-corrected chi connectivity index (χ0v) is 11.6. The number of piperidine rings is 1. The van der Waals surface area contributed by atoms with Crippen LogP contribution in [0.4, 0.5) is 13.2 Å². The van der Waals surface area contributed by atoms with Crippen LogP contribution >= 0.6 is 11.6 Å². The van der Waals surface area contributed by atoms with Gasteiger partial charge in [0.2, 0.25) is 5.88 Å². The Morgan fingerprint density at radius 2 is 2.25 bits per heavy atom. The molecule has 0 radical (unpaired) electrons. The number of ether oxygens (including phenoxy) is 1. The Morgan fingerprint density at radius 1 is 1.45 bits per heavy atom. The molecule has 0 aromatic carbocycles. The Kier molecular flexibility index (Phi) is 5.10. The molecule has 2 rings (SSSR count). The van der Waals surface area contributed by atoms with E-state index < -0.39 is 12.7 Å². The molecule has 0 N–H and O–H groups in total. The highest BCUT2D eigenvalue weighted by Crippen LogP contribution is 2.24. The van der Waals surface area contributed by atoms with Gasteiger partial charge in [-0.05, 0) is 31.5 Å². The summed E-state index contributed by atoms with van der Waals surface area (Å²) in [7, 11) is 0. The number of likely N-dealkylation sites (tertiary alicyclic amines) is 1. The van der Waals surface area contributed by atoms with E-state index in [0.29, 0.717) is 30.6 Å². The lowest BCUT2D eigenvalue weighted by Gasteiger charge is -2.32. The van der Waals surface area contributed by atoms with E-state index in [2.05, 4.69) is 4.98 Å². The van der Waals surface area contributed by atoms with Gasteiger partial charge in [0.1, 0.15) is 5.02 Å². The minimum Gasteiger partial charge on any atom is -0.476 e. The highest BCUT2D eigenvalue weighted by Gasteiger charge is 2.33. The summed E-state index contributed by atoms with van der Waals surface area (Å²) >= 11 is 5.91. The van der Waals surface area contributed by atoms with Crippen molar-refractivity contribution in [3.05, 3.63) is 23.4 Å². The molecule has 3 nitrogen and oxygen atoms in total. The predicted molar refractivity (Wildman–Crippen MR) is 70.0 cm³/mol. The third-order valence-corrected chi connectivity index (χ3v) is 3.47. The van der Waals surface area contributed by atoms with E-state index in [1.165, 1.54) is 4.90 Å². The summed E-state index contributed by atoms with van der Waals surface area (Å²) in [5.74, 6) is 0.409. The number of hydrogen-bond acceptors (Lipinski definition) is 3. The SMILES string of the molecule is FC(F)(F)CN1CCCC(COc2ncccc2Cl)C1. The number of aromatic nitrogens is 1. The average Bonchev–Trinajstić information content (AvgIpc) is 2.36. The van der Waals surface area contributed by atoms with Gasteiger partial charge in [-0.15, -0.1) is 0 Å². The predicted octanol–water partition coefficient (Wildman–Crippen LogP) is 3.39. The van der Waals surface area contributed by atoms with E-state index in [9.17, 15) is 13.2 Å². The van der Waals surface area contributed by atoms with Crippen molar-refractivity contribution in [3.63, 3.8) is 0 Å². The summed E-state index contributed by atoms with van der Waals surface area (Å²) in [6.45, 7) is 0.364. The van der Waals surface area contributed by atoms with Crippen LogP contribution in [0, 0.1) is 5.92 Å². The van der Waals surface area contributed by atoms with Crippen molar-refractivity contribution in [2.24, 2.45) is 5.92 Å². The normalized spacial score (nSPS) is 20.9. The lowest BCUT2D eigenvalue weighted by molar-refractivity contribution is -0.149. The van der Waals surface area contributed by atoms with Crippen LogP contribution in [-0.2, 0) is 0 Å². The van der Waals surface area contributed by atoms with E-state index in [4.69, 9.17) is 16.3 Å². The molecule has 1 aromatic heterocycles. The fourth-order valence-electron chi connectivity index (χ4n) is 2.36. The quantitative estimate of drug-likeness (QED) is 0.852. The molecule has 20 heavy (non-hydrogen) atoms. The molecule has 112 valence electrons. The van der Waals surface area contributed by atoms with E-state index in [-0.39, 0.29) is 5.92 Å². The van der Waals surface area contributed by atoms with E-state index in [1.807, 2.05) is 0 Å². The van der Waals surface area contributed by atoms with Gasteiger partial charge in [-0.25, -0.2) is 4.98 Å². The molecule has 1 aromatic rings. The number of halogens is 4.